The first kappa shape index (κ1) is 12.9. The molecule has 1 radical (unpaired) electrons. The van der Waals surface area contributed by atoms with Crippen molar-refractivity contribution in [2.24, 2.45) is 0 Å². The molecule has 5 heteroatoms. The van der Waals surface area contributed by atoms with Crippen LogP contribution in [0, 0.1) is 29.2 Å². The Balaban J connectivity index is 0. The molecule has 12 heavy (non-hydrogen) atoms. The molecule has 0 spiro atoms. The zero-order valence-electron chi connectivity index (χ0n) is 6.50. The summed E-state index contributed by atoms with van der Waals surface area (Å²) in [7, 11) is 0. The first-order valence-corrected chi connectivity index (χ1v) is 2.74. The van der Waals surface area contributed by atoms with Crippen molar-refractivity contribution in [2.75, 3.05) is 0 Å². The van der Waals surface area contributed by atoms with Gasteiger partial charge in [0, 0.05) is 31.0 Å². The third-order valence-electron chi connectivity index (χ3n) is 1.07. The Morgan fingerprint density at radius 3 is 2.42 bits per heavy atom. The zero-order valence-corrected chi connectivity index (χ0v) is 15.6. The SMILES string of the molecule is Cc1[c-]c[c-]c([N+](=O)[O-])c1.[Re].[Rf]. The van der Waals surface area contributed by atoms with Gasteiger partial charge in [0.15, 0.2) is 0 Å². The standard InChI is InChI=1S/C7H5NO2.Re.Rf/c1-6-3-2-4-7(5-6)8(9)10;;/h2,5H,1H3;;/q-2;;. The molecule has 0 amide bonds. The maximum absolute atomic E-state index is 10.1. The molecule has 0 unspecified atom stereocenters. The molecule has 0 atom stereocenters. The van der Waals surface area contributed by atoms with E-state index in [0.29, 0.717) is 0 Å². The molecule has 0 aliphatic rings. The summed E-state index contributed by atoms with van der Waals surface area (Å²) in [6.07, 6.45) is 0. The van der Waals surface area contributed by atoms with Crippen molar-refractivity contribution < 1.29 is 25.3 Å². The second-order valence-electron chi connectivity index (χ2n) is 1.90. The molecule has 1 aromatic rings. The number of benzene rings is 1. The molecule has 0 N–H and O–H groups in total. The molecule has 3 nitrogen and oxygen atoms in total. The van der Waals surface area contributed by atoms with E-state index in [2.05, 4.69) is 12.1 Å². The molecule has 0 saturated carbocycles. The van der Waals surface area contributed by atoms with Crippen LogP contribution < -0.4 is 0 Å². The van der Waals surface area contributed by atoms with E-state index in [0.717, 1.165) is 5.56 Å². The monoisotopic (exact) mass is 589 g/mol. The fourth-order valence-electron chi connectivity index (χ4n) is 0.618. The fourth-order valence-corrected chi connectivity index (χ4v) is 0.618. The number of nitro groups is 1. The van der Waals surface area contributed by atoms with Gasteiger partial charge in [-0.3, -0.25) is 21.7 Å². The maximum atomic E-state index is 10.1. The predicted octanol–water partition coefficient (Wildman–Crippen LogP) is 1.50. The minimum atomic E-state index is -0.471. The van der Waals surface area contributed by atoms with E-state index >= 15 is 0 Å². The fraction of sp³-hybridized carbons (Fsp3) is 0.143. The molecule has 0 bridgehead atoms. The molecule has 0 fully saturated rings. The third kappa shape index (κ3) is 2.91. The average molecular weight is 588 g/mol. The van der Waals surface area contributed by atoms with Crippen LogP contribution in [0.3, 0.4) is 0 Å². The number of rotatable bonds is 1. The van der Waals surface area contributed by atoms with Crippen LogP contribution in [0.25, 0.3) is 0 Å². The Morgan fingerprint density at radius 2 is 2.08 bits per heavy atom. The minimum absolute atomic E-state index is 0. The minimum Gasteiger partial charge on any atom is -0.356 e. The van der Waals surface area contributed by atoms with Gasteiger partial charge in [-0.2, -0.15) is 0 Å². The van der Waals surface area contributed by atoms with E-state index in [1.165, 1.54) is 12.1 Å². The van der Waals surface area contributed by atoms with E-state index in [1.54, 1.807) is 6.92 Å². The van der Waals surface area contributed by atoms with Gasteiger partial charge in [0.1, 0.15) is 0 Å². The molecular formula is C7H5NO2ReRf-2. The van der Waals surface area contributed by atoms with Crippen LogP contribution >= 0.6 is 0 Å². The predicted molar refractivity (Wildman–Crippen MR) is 35.5 cm³/mol. The van der Waals surface area contributed by atoms with Gasteiger partial charge in [-0.05, 0) is 0 Å². The van der Waals surface area contributed by atoms with E-state index in [1.807, 2.05) is 0 Å². The van der Waals surface area contributed by atoms with Crippen molar-refractivity contribution in [1.29, 1.82) is 0 Å². The van der Waals surface area contributed by atoms with Gasteiger partial charge in [0.2, 0.25) is 0 Å². The summed E-state index contributed by atoms with van der Waals surface area (Å²) in [5, 5.41) is 10.1. The van der Waals surface area contributed by atoms with E-state index in [9.17, 15) is 10.1 Å². The Morgan fingerprint density at radius 1 is 1.50 bits per heavy atom. The molecule has 1 aromatic carbocycles. The summed E-state index contributed by atoms with van der Waals surface area (Å²) in [5.41, 5.74) is 0.752. The Hall–Kier alpha value is -1.72. The topological polar surface area (TPSA) is 43.1 Å². The Labute approximate surface area is 78.2 Å². The van der Waals surface area contributed by atoms with Gasteiger partial charge >= 0.3 is 0 Å². The third-order valence-corrected chi connectivity index (χ3v) is 1.07. The van der Waals surface area contributed by atoms with Gasteiger partial charge in [0.05, 0.1) is 0 Å². The summed E-state index contributed by atoms with van der Waals surface area (Å²) in [4.78, 5) is 9.64. The summed E-state index contributed by atoms with van der Waals surface area (Å²) in [5.74, 6) is 0. The van der Waals surface area contributed by atoms with E-state index in [-0.39, 0.29) is 26.1 Å². The number of nitrogens with zero attached hydrogens (tertiary/aromatic N) is 1. The summed E-state index contributed by atoms with van der Waals surface area (Å²) < 4.78 is 0. The summed E-state index contributed by atoms with van der Waals surface area (Å²) >= 11 is 0. The van der Waals surface area contributed by atoms with Crippen LogP contribution in [-0.2, 0) is 20.4 Å². The maximum Gasteiger partial charge on any atom is 0.0495 e. The molecule has 0 heterocycles. The van der Waals surface area contributed by atoms with Gasteiger partial charge in [-0.15, -0.1) is 0 Å². The quantitative estimate of drug-likeness (QED) is 0.284. The molecule has 61 valence electrons. The number of hydrogen-bond acceptors (Lipinski definition) is 2. The Bertz CT molecular complexity index is 267. The Kier molecular flexibility index (Phi) is 5.38. The number of non-ortho nitro benzene ring substituents is 1. The van der Waals surface area contributed by atoms with Crippen molar-refractivity contribution in [3.8, 4) is 0 Å². The molecular weight excluding hydrogens is 583 g/mol. The largest absolute Gasteiger partial charge is 0.356 e. The van der Waals surface area contributed by atoms with Crippen LogP contribution in [0.4, 0.5) is 5.69 Å². The molecule has 0 aliphatic heterocycles. The summed E-state index contributed by atoms with van der Waals surface area (Å²) in [6, 6.07) is 8.08. The van der Waals surface area contributed by atoms with Gasteiger partial charge in [0.25, 0.3) is 0 Å². The molecule has 1 rings (SSSR count). The average Bonchev–Trinajstić information content (AvgIpc) is 1.88. The van der Waals surface area contributed by atoms with E-state index in [4.69, 9.17) is 0 Å². The van der Waals surface area contributed by atoms with Gasteiger partial charge in [-0.25, -0.2) is 6.07 Å². The van der Waals surface area contributed by atoms with Crippen LogP contribution in [0.5, 0.6) is 0 Å². The van der Waals surface area contributed by atoms with Gasteiger partial charge < -0.3 is 12.1 Å². The zero-order chi connectivity index (χ0) is 7.56. The van der Waals surface area contributed by atoms with Crippen molar-refractivity contribution >= 4 is 5.69 Å². The number of hydrogen-bond donors (Lipinski definition) is 0. The molecule has 0 aliphatic carbocycles. The van der Waals surface area contributed by atoms with Crippen molar-refractivity contribution in [3.05, 3.63) is 39.9 Å². The van der Waals surface area contributed by atoms with Crippen LogP contribution in [0.15, 0.2) is 12.1 Å². The van der Waals surface area contributed by atoms with E-state index < -0.39 is 4.92 Å². The van der Waals surface area contributed by atoms with Crippen molar-refractivity contribution in [2.45, 2.75) is 6.92 Å². The number of nitro benzene ring substituents is 1. The molecule has 0 saturated heterocycles. The molecule has 0 aromatic heterocycles. The van der Waals surface area contributed by atoms with Crippen LogP contribution in [0.1, 0.15) is 5.56 Å². The van der Waals surface area contributed by atoms with Crippen molar-refractivity contribution in [3.63, 3.8) is 0 Å². The summed E-state index contributed by atoms with van der Waals surface area (Å²) in [6.45, 7) is 1.75. The van der Waals surface area contributed by atoms with Crippen LogP contribution in [0.2, 0.25) is 0 Å². The normalized spacial score (nSPS) is 7.75. The van der Waals surface area contributed by atoms with Crippen molar-refractivity contribution in [1.82, 2.24) is 0 Å². The van der Waals surface area contributed by atoms with Gasteiger partial charge in [-0.1, -0.05) is 6.92 Å². The second-order valence-corrected chi connectivity index (χ2v) is 1.90. The number of aryl methyl sites for hydroxylation is 1. The first-order chi connectivity index (χ1) is 4.70. The second kappa shape index (κ2) is 5.00. The first-order valence-electron chi connectivity index (χ1n) is 2.74. The van der Waals surface area contributed by atoms with Crippen LogP contribution in [-0.4, -0.2) is 4.92 Å². The smallest absolute Gasteiger partial charge is 0.0495 e.